The molecule has 4 rings (SSSR count). The van der Waals surface area contributed by atoms with Crippen molar-refractivity contribution in [2.75, 3.05) is 24.5 Å². The molecule has 0 unspecified atom stereocenters. The van der Waals surface area contributed by atoms with Crippen LogP contribution in [0.1, 0.15) is 73.5 Å². The zero-order chi connectivity index (χ0) is 29.7. The third-order valence-corrected chi connectivity index (χ3v) is 8.87. The highest BCUT2D eigenvalue weighted by atomic mass is 35.5. The fourth-order valence-electron chi connectivity index (χ4n) is 5.09. The maximum absolute atomic E-state index is 13.9. The van der Waals surface area contributed by atoms with Gasteiger partial charge in [0.2, 0.25) is 21.8 Å². The minimum absolute atomic E-state index is 0.0132. The van der Waals surface area contributed by atoms with Crippen LogP contribution in [0.3, 0.4) is 0 Å². The van der Waals surface area contributed by atoms with E-state index in [9.17, 15) is 31.6 Å². The molecule has 2 fully saturated rings. The van der Waals surface area contributed by atoms with Gasteiger partial charge in [0.15, 0.2) is 5.78 Å². The van der Waals surface area contributed by atoms with E-state index in [0.717, 1.165) is 31.4 Å². The van der Waals surface area contributed by atoms with Crippen LogP contribution < -0.4 is 9.62 Å². The molecule has 2 aliphatic rings. The molecule has 2 aromatic rings. The summed E-state index contributed by atoms with van der Waals surface area (Å²) in [4.78, 5) is 46.3. The van der Waals surface area contributed by atoms with Crippen molar-refractivity contribution >= 4 is 45.0 Å². The molecule has 9 nitrogen and oxygen atoms in total. The van der Waals surface area contributed by atoms with Crippen molar-refractivity contribution in [1.82, 2.24) is 14.6 Å². The number of likely N-dealkylation sites (tertiary alicyclic amines) is 1. The summed E-state index contributed by atoms with van der Waals surface area (Å²) >= 11 is 6.59. The highest BCUT2D eigenvalue weighted by Gasteiger charge is 2.31. The predicted molar refractivity (Wildman–Crippen MR) is 150 cm³/mol. The van der Waals surface area contributed by atoms with E-state index in [4.69, 9.17) is 16.6 Å². The number of nitrogens with one attached hydrogen (secondary N) is 1. The number of carbonyl (C=O) groups is 3. The maximum Gasteiger partial charge on any atom is 0.239 e. The number of sulfonamides is 1. The van der Waals surface area contributed by atoms with E-state index in [1.54, 1.807) is 11.0 Å². The van der Waals surface area contributed by atoms with Crippen LogP contribution in [0.4, 0.5) is 14.6 Å². The molecule has 3 heterocycles. The smallest absolute Gasteiger partial charge is 0.239 e. The third kappa shape index (κ3) is 7.79. The lowest BCUT2D eigenvalue weighted by Gasteiger charge is -2.33. The number of amides is 2. The lowest BCUT2D eigenvalue weighted by atomic mass is 9.96. The maximum atomic E-state index is 13.9. The second-order valence-electron chi connectivity index (χ2n) is 10.5. The summed E-state index contributed by atoms with van der Waals surface area (Å²) in [6.45, 7) is 3.50. The summed E-state index contributed by atoms with van der Waals surface area (Å²) in [5.74, 6) is -3.57. The van der Waals surface area contributed by atoms with Crippen molar-refractivity contribution in [2.45, 2.75) is 64.2 Å². The van der Waals surface area contributed by atoms with E-state index in [-0.39, 0.29) is 28.8 Å². The molecule has 1 aromatic heterocycles. The minimum atomic E-state index is -4.21. The summed E-state index contributed by atoms with van der Waals surface area (Å²) in [6, 6.07) is 4.17. The fourth-order valence-corrected chi connectivity index (χ4v) is 6.55. The molecule has 0 saturated carbocycles. The van der Waals surface area contributed by atoms with Gasteiger partial charge in [0.1, 0.15) is 17.5 Å². The Kier molecular flexibility index (Phi) is 9.96. The lowest BCUT2D eigenvalue weighted by Crippen LogP contribution is -2.43. The number of unbranched alkanes of at least 4 members (excludes halogenated alkanes) is 1. The topological polar surface area (TPSA) is 117 Å². The van der Waals surface area contributed by atoms with Gasteiger partial charge >= 0.3 is 0 Å². The van der Waals surface area contributed by atoms with E-state index in [0.29, 0.717) is 68.5 Å². The third-order valence-electron chi connectivity index (χ3n) is 7.39. The van der Waals surface area contributed by atoms with E-state index < -0.39 is 39.2 Å². The number of halogens is 3. The summed E-state index contributed by atoms with van der Waals surface area (Å²) in [5.41, 5.74) is 0.647. The molecule has 0 aliphatic carbocycles. The van der Waals surface area contributed by atoms with E-state index in [1.165, 1.54) is 0 Å². The molecule has 0 bridgehead atoms. The number of nitrogens with zero attached hydrogens (tertiary/aromatic N) is 3. The van der Waals surface area contributed by atoms with Gasteiger partial charge in [0.25, 0.3) is 0 Å². The van der Waals surface area contributed by atoms with Gasteiger partial charge in [-0.3, -0.25) is 19.1 Å². The predicted octanol–water partition coefficient (Wildman–Crippen LogP) is 4.37. The quantitative estimate of drug-likeness (QED) is 0.376. The van der Waals surface area contributed by atoms with E-state index in [2.05, 4.69) is 0 Å². The lowest BCUT2D eigenvalue weighted by molar-refractivity contribution is -0.128. The van der Waals surface area contributed by atoms with Crippen molar-refractivity contribution in [3.8, 4) is 0 Å². The SMILES string of the molecule is CCCCC(=O)c1cc(Cl)c(N2CCC(C(=O)NS(=O)(=O)Cc3ccc(F)cc3F)CC2)nc1CN1CCCC1=O. The molecule has 0 spiro atoms. The normalized spacial score (nSPS) is 16.3. The summed E-state index contributed by atoms with van der Waals surface area (Å²) < 4.78 is 54.0. The first-order valence-electron chi connectivity index (χ1n) is 13.7. The van der Waals surface area contributed by atoms with Gasteiger partial charge in [0.05, 0.1) is 23.0 Å². The second-order valence-corrected chi connectivity index (χ2v) is 12.6. The molecular weight excluding hydrogens is 578 g/mol. The molecule has 0 atom stereocenters. The van der Waals surface area contributed by atoms with Crippen LogP contribution in [0.5, 0.6) is 0 Å². The highest BCUT2D eigenvalue weighted by molar-refractivity contribution is 7.89. The Labute approximate surface area is 243 Å². The number of aromatic nitrogens is 1. The first-order chi connectivity index (χ1) is 19.5. The largest absolute Gasteiger partial charge is 0.355 e. The van der Waals surface area contributed by atoms with Gasteiger partial charge in [-0.25, -0.2) is 22.2 Å². The first kappa shape index (κ1) is 30.8. The van der Waals surface area contributed by atoms with Crippen LogP contribution in [-0.2, 0) is 31.9 Å². The summed E-state index contributed by atoms with van der Waals surface area (Å²) in [6.07, 6.45) is 3.77. The Morgan fingerprint density at radius 1 is 1.15 bits per heavy atom. The number of rotatable bonds is 11. The number of hydrogen-bond donors (Lipinski definition) is 1. The summed E-state index contributed by atoms with van der Waals surface area (Å²) in [7, 11) is -4.21. The first-order valence-corrected chi connectivity index (χ1v) is 15.7. The minimum Gasteiger partial charge on any atom is -0.355 e. The van der Waals surface area contributed by atoms with Crippen molar-refractivity contribution in [1.29, 1.82) is 0 Å². The van der Waals surface area contributed by atoms with Crippen LogP contribution in [-0.4, -0.2) is 55.5 Å². The van der Waals surface area contributed by atoms with E-state index >= 15 is 0 Å². The van der Waals surface area contributed by atoms with Crippen LogP contribution >= 0.6 is 11.6 Å². The zero-order valence-corrected chi connectivity index (χ0v) is 24.4. The molecule has 0 radical (unpaired) electrons. The number of benzene rings is 1. The van der Waals surface area contributed by atoms with E-state index in [1.807, 2.05) is 16.5 Å². The number of carbonyl (C=O) groups excluding carboxylic acids is 3. The molecule has 2 amide bonds. The molecule has 13 heteroatoms. The van der Waals surface area contributed by atoms with Crippen molar-refractivity contribution in [3.63, 3.8) is 0 Å². The second kappa shape index (κ2) is 13.2. The van der Waals surface area contributed by atoms with Gasteiger partial charge in [0, 0.05) is 55.6 Å². The van der Waals surface area contributed by atoms with Crippen molar-refractivity contribution in [2.24, 2.45) is 5.92 Å². The fraction of sp³-hybridized carbons (Fsp3) is 0.500. The molecule has 222 valence electrons. The number of ketones is 1. The number of anilines is 1. The summed E-state index contributed by atoms with van der Waals surface area (Å²) in [5, 5.41) is 0.285. The molecule has 2 aliphatic heterocycles. The Balaban J connectivity index is 1.44. The number of hydrogen-bond acceptors (Lipinski definition) is 7. The van der Waals surface area contributed by atoms with Crippen LogP contribution in [0.25, 0.3) is 0 Å². The molecule has 2 saturated heterocycles. The average Bonchev–Trinajstić information content (AvgIpc) is 3.33. The van der Waals surface area contributed by atoms with Crippen molar-refractivity contribution in [3.05, 3.63) is 57.7 Å². The van der Waals surface area contributed by atoms with Crippen LogP contribution in [0.15, 0.2) is 24.3 Å². The highest BCUT2D eigenvalue weighted by Crippen LogP contribution is 2.32. The van der Waals surface area contributed by atoms with Crippen molar-refractivity contribution < 1.29 is 31.6 Å². The van der Waals surface area contributed by atoms with Gasteiger partial charge in [-0.2, -0.15) is 0 Å². The molecule has 41 heavy (non-hydrogen) atoms. The number of Topliss-reactive ketones (excluding diaryl/α,β-unsaturated/α-hetero) is 1. The number of pyridine rings is 1. The monoisotopic (exact) mass is 610 g/mol. The Morgan fingerprint density at radius 3 is 2.51 bits per heavy atom. The Bertz CT molecular complexity index is 1430. The Hall–Kier alpha value is -3.12. The molecular formula is C28H33ClF2N4O5S. The van der Waals surface area contributed by atoms with Crippen LogP contribution in [0, 0.1) is 17.6 Å². The van der Waals surface area contributed by atoms with Gasteiger partial charge in [-0.15, -0.1) is 0 Å². The van der Waals surface area contributed by atoms with Gasteiger partial charge in [-0.05, 0) is 37.8 Å². The van der Waals surface area contributed by atoms with Gasteiger partial charge < -0.3 is 9.80 Å². The zero-order valence-electron chi connectivity index (χ0n) is 22.8. The Morgan fingerprint density at radius 2 is 1.88 bits per heavy atom. The molecule has 1 aromatic carbocycles. The van der Waals surface area contributed by atoms with Crippen LogP contribution in [0.2, 0.25) is 5.02 Å². The standard InChI is InChI=1S/C28H33ClF2N4O5S/c1-2-3-5-25(36)21-15-22(29)27(32-24(21)16-35-11-4-6-26(35)37)34-12-9-18(10-13-34)28(38)33-41(39,40)17-19-7-8-20(30)14-23(19)31/h7-8,14-15,18H,2-6,9-13,16-17H2,1H3,(H,33,38). The van der Waals surface area contributed by atoms with Gasteiger partial charge in [-0.1, -0.05) is 31.0 Å². The average molecular weight is 611 g/mol. The number of piperidine rings is 1. The molecule has 1 N–H and O–H groups in total.